The van der Waals surface area contributed by atoms with Crippen LogP contribution in [0, 0.1) is 5.41 Å². The number of anilines is 1. The van der Waals surface area contributed by atoms with E-state index in [9.17, 15) is 0 Å². The first-order chi connectivity index (χ1) is 13.1. The molecule has 0 N–H and O–H groups in total. The SMILES string of the molecule is CN1CCC2(CC1)CN(Cc1cc3nc(Cl)nc(N4CCOCC4)c3o1)C2. The van der Waals surface area contributed by atoms with Gasteiger partial charge in [-0.3, -0.25) is 4.90 Å². The average molecular weight is 392 g/mol. The molecule has 0 aromatic carbocycles. The van der Waals surface area contributed by atoms with Gasteiger partial charge in [0.05, 0.1) is 19.8 Å². The highest BCUT2D eigenvalue weighted by atomic mass is 35.5. The van der Waals surface area contributed by atoms with Crippen LogP contribution in [0.1, 0.15) is 18.6 Å². The zero-order chi connectivity index (χ0) is 18.4. The number of furan rings is 1. The van der Waals surface area contributed by atoms with Crippen LogP contribution in [0.4, 0.5) is 5.82 Å². The Morgan fingerprint density at radius 1 is 1.11 bits per heavy atom. The number of hydrogen-bond donors (Lipinski definition) is 0. The minimum atomic E-state index is 0.269. The van der Waals surface area contributed by atoms with E-state index in [1.54, 1.807) is 0 Å². The molecule has 5 heterocycles. The summed E-state index contributed by atoms with van der Waals surface area (Å²) in [7, 11) is 2.22. The van der Waals surface area contributed by atoms with E-state index in [2.05, 4.69) is 31.7 Å². The molecule has 3 aliphatic heterocycles. The molecule has 1 spiro atoms. The van der Waals surface area contributed by atoms with Crippen LogP contribution < -0.4 is 4.90 Å². The molecule has 0 atom stereocenters. The monoisotopic (exact) mass is 391 g/mol. The molecule has 2 aromatic heterocycles. The third-order valence-electron chi connectivity index (χ3n) is 6.23. The standard InChI is InChI=1S/C19H26ClN5O2/c1-23-4-2-19(3-5-23)12-24(13-19)11-14-10-15-16(27-14)17(22-18(20)21-15)25-6-8-26-9-7-25/h10H,2-9,11-13H2,1H3. The number of aromatic nitrogens is 2. The second-order valence-corrected chi connectivity index (χ2v) is 8.63. The van der Waals surface area contributed by atoms with Crippen molar-refractivity contribution in [1.82, 2.24) is 19.8 Å². The molecule has 146 valence electrons. The topological polar surface area (TPSA) is 57.9 Å². The molecule has 0 aliphatic carbocycles. The van der Waals surface area contributed by atoms with E-state index < -0.39 is 0 Å². The average Bonchev–Trinajstić information content (AvgIpc) is 3.04. The van der Waals surface area contributed by atoms with Gasteiger partial charge in [0.25, 0.3) is 0 Å². The Hall–Kier alpha value is -1.41. The van der Waals surface area contributed by atoms with Gasteiger partial charge in [-0.05, 0) is 50.0 Å². The second-order valence-electron chi connectivity index (χ2n) is 8.29. The lowest BCUT2D eigenvalue weighted by atomic mass is 9.72. The molecule has 0 unspecified atom stereocenters. The van der Waals surface area contributed by atoms with Crippen molar-refractivity contribution in [3.63, 3.8) is 0 Å². The maximum atomic E-state index is 6.19. The summed E-state index contributed by atoms with van der Waals surface area (Å²) >= 11 is 6.17. The van der Waals surface area contributed by atoms with Crippen molar-refractivity contribution in [3.8, 4) is 0 Å². The molecular weight excluding hydrogens is 366 g/mol. The van der Waals surface area contributed by atoms with Gasteiger partial charge in [0.15, 0.2) is 11.4 Å². The predicted molar refractivity (Wildman–Crippen MR) is 104 cm³/mol. The number of ether oxygens (including phenoxy) is 1. The quantitative estimate of drug-likeness (QED) is 0.743. The van der Waals surface area contributed by atoms with Crippen LogP contribution in [0.5, 0.6) is 0 Å². The summed E-state index contributed by atoms with van der Waals surface area (Å²) in [6, 6.07) is 2.02. The van der Waals surface area contributed by atoms with E-state index in [4.69, 9.17) is 20.8 Å². The van der Waals surface area contributed by atoms with Crippen molar-refractivity contribution in [2.24, 2.45) is 5.41 Å². The highest BCUT2D eigenvalue weighted by Gasteiger charge is 2.44. The van der Waals surface area contributed by atoms with Crippen LogP contribution in [0.3, 0.4) is 0 Å². The maximum absolute atomic E-state index is 6.19. The fourth-order valence-corrected chi connectivity index (χ4v) is 4.82. The molecule has 7 nitrogen and oxygen atoms in total. The maximum Gasteiger partial charge on any atom is 0.225 e. The van der Waals surface area contributed by atoms with Crippen LogP contribution in [0.25, 0.3) is 11.1 Å². The summed E-state index contributed by atoms with van der Waals surface area (Å²) in [4.78, 5) is 15.9. The Bertz CT molecular complexity index is 819. The largest absolute Gasteiger partial charge is 0.454 e. The molecule has 2 aromatic rings. The fourth-order valence-electron chi connectivity index (χ4n) is 4.65. The summed E-state index contributed by atoms with van der Waals surface area (Å²) < 4.78 is 11.6. The summed E-state index contributed by atoms with van der Waals surface area (Å²) in [5.74, 6) is 1.73. The van der Waals surface area contributed by atoms with Gasteiger partial charge in [-0.25, -0.2) is 4.98 Å². The van der Waals surface area contributed by atoms with E-state index >= 15 is 0 Å². The number of likely N-dealkylation sites (tertiary alicyclic amines) is 2. The van der Waals surface area contributed by atoms with Crippen molar-refractivity contribution >= 4 is 28.5 Å². The third kappa shape index (κ3) is 3.42. The van der Waals surface area contributed by atoms with Gasteiger partial charge < -0.3 is 19.0 Å². The molecule has 0 bridgehead atoms. The molecular formula is C19H26ClN5O2. The second kappa shape index (κ2) is 6.88. The van der Waals surface area contributed by atoms with Crippen LogP contribution in [-0.2, 0) is 11.3 Å². The summed E-state index contributed by atoms with van der Waals surface area (Å²) in [6.45, 7) is 8.58. The molecule has 0 radical (unpaired) electrons. The Kier molecular flexibility index (Phi) is 4.50. The molecule has 3 aliphatic rings. The summed E-state index contributed by atoms with van der Waals surface area (Å²) in [6.07, 6.45) is 2.62. The predicted octanol–water partition coefficient (Wildman–Crippen LogP) is 2.24. The first kappa shape index (κ1) is 17.7. The lowest BCUT2D eigenvalue weighted by Gasteiger charge is -2.53. The highest BCUT2D eigenvalue weighted by Crippen LogP contribution is 2.41. The first-order valence-electron chi connectivity index (χ1n) is 9.80. The van der Waals surface area contributed by atoms with E-state index in [0.29, 0.717) is 18.6 Å². The molecule has 8 heteroatoms. The lowest BCUT2D eigenvalue weighted by molar-refractivity contribution is -0.0497. The number of nitrogens with zero attached hydrogens (tertiary/aromatic N) is 5. The van der Waals surface area contributed by atoms with Crippen molar-refractivity contribution in [1.29, 1.82) is 0 Å². The van der Waals surface area contributed by atoms with Gasteiger partial charge in [0.2, 0.25) is 5.28 Å². The molecule has 5 rings (SSSR count). The normalized spacial score (nSPS) is 23.9. The molecule has 27 heavy (non-hydrogen) atoms. The Labute approximate surface area is 164 Å². The number of halogens is 1. The van der Waals surface area contributed by atoms with Crippen LogP contribution >= 0.6 is 11.6 Å². The van der Waals surface area contributed by atoms with Gasteiger partial charge in [-0.2, -0.15) is 4.98 Å². The summed E-state index contributed by atoms with van der Waals surface area (Å²) in [5.41, 5.74) is 2.06. The number of hydrogen-bond acceptors (Lipinski definition) is 7. The highest BCUT2D eigenvalue weighted by molar-refractivity contribution is 6.28. The fraction of sp³-hybridized carbons (Fsp3) is 0.684. The van der Waals surface area contributed by atoms with Crippen molar-refractivity contribution in [2.75, 3.05) is 64.4 Å². The van der Waals surface area contributed by atoms with E-state index in [1.807, 2.05) is 6.07 Å². The molecule has 0 amide bonds. The number of fused-ring (bicyclic) bond motifs is 1. The Morgan fingerprint density at radius 3 is 2.59 bits per heavy atom. The van der Waals surface area contributed by atoms with E-state index in [1.165, 1.54) is 39.0 Å². The van der Waals surface area contributed by atoms with E-state index in [0.717, 1.165) is 42.3 Å². The van der Waals surface area contributed by atoms with Crippen molar-refractivity contribution < 1.29 is 9.15 Å². The van der Waals surface area contributed by atoms with Gasteiger partial charge in [-0.15, -0.1) is 0 Å². The molecule has 3 saturated heterocycles. The zero-order valence-corrected chi connectivity index (χ0v) is 16.5. The van der Waals surface area contributed by atoms with Gasteiger partial charge >= 0.3 is 0 Å². The summed E-state index contributed by atoms with van der Waals surface area (Å²) in [5, 5.41) is 0.269. The van der Waals surface area contributed by atoms with Gasteiger partial charge in [0, 0.05) is 32.2 Å². The first-order valence-corrected chi connectivity index (χ1v) is 10.2. The van der Waals surface area contributed by atoms with Crippen LogP contribution in [0.15, 0.2) is 10.5 Å². The zero-order valence-electron chi connectivity index (χ0n) is 15.8. The van der Waals surface area contributed by atoms with Crippen molar-refractivity contribution in [2.45, 2.75) is 19.4 Å². The van der Waals surface area contributed by atoms with Crippen molar-refractivity contribution in [3.05, 3.63) is 17.1 Å². The third-order valence-corrected chi connectivity index (χ3v) is 6.40. The smallest absolute Gasteiger partial charge is 0.225 e. The molecule has 0 saturated carbocycles. The molecule has 3 fully saturated rings. The number of morpholine rings is 1. The lowest BCUT2D eigenvalue weighted by Crippen LogP contribution is -2.59. The number of piperidine rings is 1. The number of rotatable bonds is 3. The van der Waals surface area contributed by atoms with Gasteiger partial charge in [0.1, 0.15) is 11.3 Å². The van der Waals surface area contributed by atoms with E-state index in [-0.39, 0.29) is 5.28 Å². The Balaban J connectivity index is 1.32. The Morgan fingerprint density at radius 2 is 1.85 bits per heavy atom. The van der Waals surface area contributed by atoms with Gasteiger partial charge in [-0.1, -0.05) is 0 Å². The minimum absolute atomic E-state index is 0.269. The minimum Gasteiger partial charge on any atom is -0.454 e. The van der Waals surface area contributed by atoms with Crippen LogP contribution in [0.2, 0.25) is 5.28 Å². The van der Waals surface area contributed by atoms with Crippen LogP contribution in [-0.4, -0.2) is 79.3 Å².